The van der Waals surface area contributed by atoms with Gasteiger partial charge >= 0.3 is 5.97 Å². The Morgan fingerprint density at radius 1 is 1.47 bits per heavy atom. The first-order valence-electron chi connectivity index (χ1n) is 6.05. The van der Waals surface area contributed by atoms with Crippen LogP contribution in [0.1, 0.15) is 29.4 Å². The fraction of sp³-hybridized carbons (Fsp3) is 0.636. The molecule has 8 heteroatoms. The van der Waals surface area contributed by atoms with Gasteiger partial charge in [-0.25, -0.2) is 4.79 Å². The van der Waals surface area contributed by atoms with Gasteiger partial charge in [0, 0.05) is 12.7 Å². The van der Waals surface area contributed by atoms with Crippen LogP contribution < -0.4 is 0 Å². The maximum Gasteiger partial charge on any atom is 0.327 e. The second kappa shape index (κ2) is 4.52. The van der Waals surface area contributed by atoms with Gasteiger partial charge in [-0.3, -0.25) is 4.79 Å². The number of carboxylic acid groups (broad SMARTS) is 1. The van der Waals surface area contributed by atoms with Gasteiger partial charge in [0.05, 0.1) is 5.37 Å². The first kappa shape index (κ1) is 12.5. The van der Waals surface area contributed by atoms with Crippen LogP contribution in [0.4, 0.5) is 0 Å². The van der Waals surface area contributed by atoms with Crippen molar-refractivity contribution in [2.45, 2.75) is 31.2 Å². The van der Waals surface area contributed by atoms with Crippen molar-refractivity contribution in [3.8, 4) is 0 Å². The van der Waals surface area contributed by atoms with Gasteiger partial charge in [0.15, 0.2) is 0 Å². The molecule has 2 fully saturated rings. The van der Waals surface area contributed by atoms with Crippen molar-refractivity contribution < 1.29 is 19.2 Å². The molecule has 1 aromatic heterocycles. The maximum atomic E-state index is 12.4. The number of carbonyl (C=O) groups excluding carboxylic acids is 1. The zero-order valence-corrected chi connectivity index (χ0v) is 11.1. The molecule has 1 saturated heterocycles. The molecule has 2 heterocycles. The molecule has 1 saturated carbocycles. The zero-order chi connectivity index (χ0) is 13.6. The van der Waals surface area contributed by atoms with Gasteiger partial charge in [0.2, 0.25) is 5.89 Å². The Morgan fingerprint density at radius 3 is 2.74 bits per heavy atom. The SMILES string of the molecule is Cc1nc(C(=O)N2C(C(=O)O)CSC2C2CC2)no1. The van der Waals surface area contributed by atoms with Gasteiger partial charge in [-0.05, 0) is 18.8 Å². The lowest BCUT2D eigenvalue weighted by Crippen LogP contribution is -2.46. The Bertz CT molecular complexity index is 528. The lowest BCUT2D eigenvalue weighted by Gasteiger charge is -2.25. The van der Waals surface area contributed by atoms with Gasteiger partial charge in [-0.2, -0.15) is 4.98 Å². The molecule has 1 aliphatic carbocycles. The zero-order valence-electron chi connectivity index (χ0n) is 10.3. The van der Waals surface area contributed by atoms with Crippen molar-refractivity contribution in [2.75, 3.05) is 5.75 Å². The molecule has 0 spiro atoms. The van der Waals surface area contributed by atoms with Gasteiger partial charge in [0.25, 0.3) is 11.7 Å². The Kier molecular flexibility index (Phi) is 2.96. The predicted molar refractivity (Wildman–Crippen MR) is 65.6 cm³/mol. The number of hydrogen-bond donors (Lipinski definition) is 1. The Balaban J connectivity index is 1.88. The molecule has 1 aliphatic heterocycles. The number of aromatic nitrogens is 2. The number of nitrogens with zero attached hydrogens (tertiary/aromatic N) is 3. The number of aryl methyl sites for hydroxylation is 1. The van der Waals surface area contributed by atoms with Crippen LogP contribution in [-0.4, -0.2) is 49.2 Å². The van der Waals surface area contributed by atoms with E-state index in [-0.39, 0.29) is 11.2 Å². The molecule has 2 aliphatic rings. The summed E-state index contributed by atoms with van der Waals surface area (Å²) in [7, 11) is 0. The fourth-order valence-electron chi connectivity index (χ4n) is 2.22. The molecule has 1 N–H and O–H groups in total. The van der Waals surface area contributed by atoms with E-state index in [2.05, 4.69) is 10.1 Å². The van der Waals surface area contributed by atoms with E-state index in [4.69, 9.17) is 4.52 Å². The summed E-state index contributed by atoms with van der Waals surface area (Å²) in [6.45, 7) is 1.59. The highest BCUT2D eigenvalue weighted by Gasteiger charge is 2.49. The van der Waals surface area contributed by atoms with Crippen molar-refractivity contribution >= 4 is 23.6 Å². The summed E-state index contributed by atoms with van der Waals surface area (Å²) in [6, 6.07) is -0.804. The summed E-state index contributed by atoms with van der Waals surface area (Å²) in [5.74, 6) is -0.386. The second-order valence-corrected chi connectivity index (χ2v) is 5.91. The number of rotatable bonds is 3. The number of carboxylic acids is 1. The van der Waals surface area contributed by atoms with E-state index in [1.54, 1.807) is 6.92 Å². The van der Waals surface area contributed by atoms with Crippen LogP contribution in [0.3, 0.4) is 0 Å². The van der Waals surface area contributed by atoms with Crippen LogP contribution in [0.15, 0.2) is 4.52 Å². The molecule has 0 radical (unpaired) electrons. The first-order chi connectivity index (χ1) is 9.08. The average molecular weight is 283 g/mol. The lowest BCUT2D eigenvalue weighted by atomic mass is 10.2. The summed E-state index contributed by atoms with van der Waals surface area (Å²) in [5, 5.41) is 12.7. The van der Waals surface area contributed by atoms with Gasteiger partial charge in [0.1, 0.15) is 6.04 Å². The minimum absolute atomic E-state index is 0.0584. The van der Waals surface area contributed by atoms with Crippen molar-refractivity contribution in [3.63, 3.8) is 0 Å². The molecule has 0 bridgehead atoms. The van der Waals surface area contributed by atoms with E-state index in [1.165, 1.54) is 16.7 Å². The molecule has 1 amide bonds. The molecule has 1 aromatic rings. The van der Waals surface area contributed by atoms with E-state index >= 15 is 0 Å². The standard InChI is InChI=1S/C11H13N3O4S/c1-5-12-8(13-18-5)9(15)14-7(11(16)17)4-19-10(14)6-2-3-6/h6-7,10H,2-4H2,1H3,(H,16,17). The minimum atomic E-state index is -0.982. The lowest BCUT2D eigenvalue weighted by molar-refractivity contribution is -0.141. The number of hydrogen-bond acceptors (Lipinski definition) is 6. The monoisotopic (exact) mass is 283 g/mol. The Morgan fingerprint density at radius 2 is 2.21 bits per heavy atom. The Hall–Kier alpha value is -1.57. The third-order valence-electron chi connectivity index (χ3n) is 3.30. The van der Waals surface area contributed by atoms with Crippen LogP contribution in [-0.2, 0) is 4.79 Å². The van der Waals surface area contributed by atoms with Crippen LogP contribution >= 0.6 is 11.8 Å². The van der Waals surface area contributed by atoms with Crippen molar-refractivity contribution in [1.29, 1.82) is 0 Å². The normalized spacial score (nSPS) is 26.7. The van der Waals surface area contributed by atoms with Crippen molar-refractivity contribution in [1.82, 2.24) is 15.0 Å². The molecule has 2 atom stereocenters. The summed E-state index contributed by atoms with van der Waals surface area (Å²) in [4.78, 5) is 29.0. The summed E-state index contributed by atoms with van der Waals surface area (Å²) in [5.41, 5.74) is 0. The molecule has 19 heavy (non-hydrogen) atoms. The smallest absolute Gasteiger partial charge is 0.327 e. The highest BCUT2D eigenvalue weighted by Crippen LogP contribution is 2.45. The molecule has 7 nitrogen and oxygen atoms in total. The number of carbonyl (C=O) groups is 2. The topological polar surface area (TPSA) is 96.5 Å². The van der Waals surface area contributed by atoms with Gasteiger partial charge < -0.3 is 14.5 Å². The molecule has 102 valence electrons. The minimum Gasteiger partial charge on any atom is -0.480 e. The van der Waals surface area contributed by atoms with Crippen molar-refractivity contribution in [2.24, 2.45) is 5.92 Å². The third kappa shape index (κ3) is 2.20. The quantitative estimate of drug-likeness (QED) is 0.874. The van der Waals surface area contributed by atoms with Gasteiger partial charge in [-0.1, -0.05) is 5.16 Å². The summed E-state index contributed by atoms with van der Waals surface area (Å²) >= 11 is 1.53. The van der Waals surface area contributed by atoms with E-state index in [0.717, 1.165) is 12.8 Å². The summed E-state index contributed by atoms with van der Waals surface area (Å²) in [6.07, 6.45) is 2.08. The van der Waals surface area contributed by atoms with Crippen LogP contribution in [0.25, 0.3) is 0 Å². The molecule has 3 rings (SSSR count). The molecule has 0 aromatic carbocycles. The maximum absolute atomic E-state index is 12.4. The van der Waals surface area contributed by atoms with E-state index in [9.17, 15) is 14.7 Å². The molecular formula is C11H13N3O4S. The van der Waals surface area contributed by atoms with Crippen LogP contribution in [0.2, 0.25) is 0 Å². The first-order valence-corrected chi connectivity index (χ1v) is 7.10. The summed E-state index contributed by atoms with van der Waals surface area (Å²) < 4.78 is 4.79. The second-order valence-electron chi connectivity index (χ2n) is 4.76. The highest BCUT2D eigenvalue weighted by atomic mass is 32.2. The van der Waals surface area contributed by atoms with Crippen LogP contribution in [0, 0.1) is 12.8 Å². The van der Waals surface area contributed by atoms with E-state index < -0.39 is 17.9 Å². The predicted octanol–water partition coefficient (Wildman–Crippen LogP) is 0.756. The van der Waals surface area contributed by atoms with E-state index in [1.807, 2.05) is 0 Å². The number of amides is 1. The molecular weight excluding hydrogens is 270 g/mol. The third-order valence-corrected chi connectivity index (χ3v) is 4.76. The molecule has 2 unspecified atom stereocenters. The van der Waals surface area contributed by atoms with Gasteiger partial charge in [-0.15, -0.1) is 11.8 Å². The number of aliphatic carboxylic acids is 1. The number of thioether (sulfide) groups is 1. The largest absolute Gasteiger partial charge is 0.480 e. The fourth-order valence-corrected chi connectivity index (χ4v) is 3.85. The van der Waals surface area contributed by atoms with E-state index in [0.29, 0.717) is 17.6 Å². The highest BCUT2D eigenvalue weighted by molar-refractivity contribution is 8.00. The van der Waals surface area contributed by atoms with Crippen molar-refractivity contribution in [3.05, 3.63) is 11.7 Å². The average Bonchev–Trinajstić information content (AvgIpc) is 2.96. The Labute approximate surface area is 113 Å². The van der Waals surface area contributed by atoms with Crippen LogP contribution in [0.5, 0.6) is 0 Å².